The average molecular weight is 326 g/mol. The minimum absolute atomic E-state index is 0.0332. The number of halogens is 2. The number of hydrogen-bond acceptors (Lipinski definition) is 4. The predicted octanol–water partition coefficient (Wildman–Crippen LogP) is 3.87. The lowest BCUT2D eigenvalue weighted by molar-refractivity contribution is 0.452. The third-order valence-corrected chi connectivity index (χ3v) is 4.01. The van der Waals surface area contributed by atoms with E-state index in [2.05, 4.69) is 4.98 Å². The Bertz CT molecular complexity index is 784. The van der Waals surface area contributed by atoms with Crippen LogP contribution in [0.25, 0.3) is 4.96 Å². The van der Waals surface area contributed by atoms with Gasteiger partial charge in [0.25, 0.3) is 0 Å². The summed E-state index contributed by atoms with van der Waals surface area (Å²) in [7, 11) is 0. The largest absolute Gasteiger partial charge is 0.437 e. The Hall–Kier alpha value is -1.63. The molecule has 0 saturated carbocycles. The highest BCUT2D eigenvalue weighted by molar-refractivity contribution is 7.15. The minimum Gasteiger partial charge on any atom is -0.437 e. The van der Waals surface area contributed by atoms with Crippen LogP contribution in [-0.2, 0) is 6.42 Å². The van der Waals surface area contributed by atoms with Gasteiger partial charge in [0, 0.05) is 30.1 Å². The van der Waals surface area contributed by atoms with E-state index in [0.717, 1.165) is 10.7 Å². The van der Waals surface area contributed by atoms with Crippen LogP contribution in [0.4, 0.5) is 4.39 Å². The standard InChI is InChI=1S/C14H13ClFN3OS/c1-8(17)6-12-13(18-14-19(12)4-5-21-14)20-9-2-3-10(15)11(16)7-9/h2-5,7-8H,6,17H2,1H3. The van der Waals surface area contributed by atoms with Crippen molar-refractivity contribution in [3.63, 3.8) is 0 Å². The monoisotopic (exact) mass is 325 g/mol. The highest BCUT2D eigenvalue weighted by Crippen LogP contribution is 2.30. The number of ether oxygens (including phenoxy) is 1. The van der Waals surface area contributed by atoms with Gasteiger partial charge in [-0.15, -0.1) is 11.3 Å². The highest BCUT2D eigenvalue weighted by atomic mass is 35.5. The van der Waals surface area contributed by atoms with Gasteiger partial charge in [0.05, 0.1) is 10.7 Å². The lowest BCUT2D eigenvalue weighted by Crippen LogP contribution is -2.19. The fourth-order valence-corrected chi connectivity index (χ4v) is 2.88. The second-order valence-corrected chi connectivity index (χ2v) is 6.06. The van der Waals surface area contributed by atoms with Gasteiger partial charge in [0.2, 0.25) is 5.88 Å². The molecule has 0 saturated heterocycles. The van der Waals surface area contributed by atoms with Crippen LogP contribution in [0.2, 0.25) is 5.02 Å². The van der Waals surface area contributed by atoms with Gasteiger partial charge in [0.15, 0.2) is 4.96 Å². The summed E-state index contributed by atoms with van der Waals surface area (Å²) in [5.41, 5.74) is 6.75. The summed E-state index contributed by atoms with van der Waals surface area (Å²) < 4.78 is 21.1. The average Bonchev–Trinajstić information content (AvgIpc) is 2.97. The van der Waals surface area contributed by atoms with Gasteiger partial charge in [-0.3, -0.25) is 4.40 Å². The third-order valence-electron chi connectivity index (χ3n) is 2.95. The van der Waals surface area contributed by atoms with Crippen molar-refractivity contribution in [2.75, 3.05) is 0 Å². The molecule has 2 aromatic heterocycles. The molecule has 0 aliphatic heterocycles. The van der Waals surface area contributed by atoms with Crippen LogP contribution in [-0.4, -0.2) is 15.4 Å². The van der Waals surface area contributed by atoms with Crippen molar-refractivity contribution in [2.24, 2.45) is 5.73 Å². The van der Waals surface area contributed by atoms with Crippen LogP contribution in [0, 0.1) is 5.82 Å². The van der Waals surface area contributed by atoms with Crippen LogP contribution in [0.5, 0.6) is 11.6 Å². The molecule has 4 nitrogen and oxygen atoms in total. The van der Waals surface area contributed by atoms with Crippen molar-refractivity contribution in [1.82, 2.24) is 9.38 Å². The van der Waals surface area contributed by atoms with E-state index < -0.39 is 5.82 Å². The number of aromatic nitrogens is 2. The molecule has 2 N–H and O–H groups in total. The summed E-state index contributed by atoms with van der Waals surface area (Å²) >= 11 is 7.17. The summed E-state index contributed by atoms with van der Waals surface area (Å²) in [4.78, 5) is 5.24. The quantitative estimate of drug-likeness (QED) is 0.792. The van der Waals surface area contributed by atoms with Crippen molar-refractivity contribution in [2.45, 2.75) is 19.4 Å². The van der Waals surface area contributed by atoms with Crippen LogP contribution >= 0.6 is 22.9 Å². The maximum atomic E-state index is 13.5. The molecular formula is C14H13ClFN3OS. The van der Waals surface area contributed by atoms with Gasteiger partial charge < -0.3 is 10.5 Å². The molecule has 0 amide bonds. The van der Waals surface area contributed by atoms with Crippen molar-refractivity contribution < 1.29 is 9.13 Å². The number of nitrogens with two attached hydrogens (primary N) is 1. The number of rotatable bonds is 4. The van der Waals surface area contributed by atoms with Crippen LogP contribution in [0.3, 0.4) is 0 Å². The summed E-state index contributed by atoms with van der Waals surface area (Å²) in [6.45, 7) is 1.91. The fraction of sp³-hybridized carbons (Fsp3) is 0.214. The second-order valence-electron chi connectivity index (χ2n) is 4.78. The molecule has 3 rings (SSSR count). The first-order valence-corrected chi connectivity index (χ1v) is 7.63. The lowest BCUT2D eigenvalue weighted by Gasteiger charge is -2.08. The Morgan fingerprint density at radius 2 is 2.33 bits per heavy atom. The summed E-state index contributed by atoms with van der Waals surface area (Å²) in [5.74, 6) is 0.276. The first-order valence-electron chi connectivity index (χ1n) is 6.37. The molecule has 1 unspecified atom stereocenters. The first-order chi connectivity index (χ1) is 10.0. The molecule has 21 heavy (non-hydrogen) atoms. The van der Waals surface area contributed by atoms with E-state index in [9.17, 15) is 4.39 Å². The number of thiazole rings is 1. The summed E-state index contributed by atoms with van der Waals surface area (Å²) in [6.07, 6.45) is 2.53. The number of nitrogens with zero attached hydrogens (tertiary/aromatic N) is 2. The molecule has 0 fully saturated rings. The molecule has 0 aliphatic rings. The van der Waals surface area contributed by atoms with E-state index >= 15 is 0 Å². The second kappa shape index (κ2) is 5.63. The van der Waals surface area contributed by atoms with E-state index in [-0.39, 0.29) is 11.1 Å². The molecule has 7 heteroatoms. The van der Waals surface area contributed by atoms with Crippen LogP contribution in [0.15, 0.2) is 29.8 Å². The molecule has 110 valence electrons. The zero-order valence-corrected chi connectivity index (χ0v) is 12.8. The van der Waals surface area contributed by atoms with Crippen molar-refractivity contribution in [1.29, 1.82) is 0 Å². The van der Waals surface area contributed by atoms with Gasteiger partial charge >= 0.3 is 0 Å². The van der Waals surface area contributed by atoms with Gasteiger partial charge in [-0.25, -0.2) is 4.39 Å². The third kappa shape index (κ3) is 2.88. The van der Waals surface area contributed by atoms with Gasteiger partial charge in [-0.2, -0.15) is 4.98 Å². The molecular weight excluding hydrogens is 313 g/mol. The van der Waals surface area contributed by atoms with Crippen molar-refractivity contribution >= 4 is 27.9 Å². The van der Waals surface area contributed by atoms with Crippen LogP contribution < -0.4 is 10.5 Å². The Kier molecular flexibility index (Phi) is 3.84. The van der Waals surface area contributed by atoms with E-state index in [1.54, 1.807) is 6.07 Å². The maximum Gasteiger partial charge on any atom is 0.242 e. The Labute approximate surface area is 129 Å². The summed E-state index contributed by atoms with van der Waals surface area (Å²) in [5, 5.41) is 2.00. The molecule has 3 aromatic rings. The van der Waals surface area contributed by atoms with Gasteiger partial charge in [-0.05, 0) is 19.1 Å². The maximum absolute atomic E-state index is 13.5. The Balaban J connectivity index is 1.98. The first kappa shape index (κ1) is 14.3. The molecule has 0 spiro atoms. The zero-order valence-electron chi connectivity index (χ0n) is 11.2. The smallest absolute Gasteiger partial charge is 0.242 e. The molecule has 0 radical (unpaired) electrons. The number of benzene rings is 1. The van der Waals surface area contributed by atoms with E-state index in [4.69, 9.17) is 22.1 Å². The molecule has 1 atom stereocenters. The predicted molar refractivity (Wildman–Crippen MR) is 81.9 cm³/mol. The Morgan fingerprint density at radius 3 is 3.05 bits per heavy atom. The Morgan fingerprint density at radius 1 is 1.52 bits per heavy atom. The lowest BCUT2D eigenvalue weighted by atomic mass is 10.2. The van der Waals surface area contributed by atoms with Crippen molar-refractivity contribution in [3.05, 3.63) is 46.3 Å². The van der Waals surface area contributed by atoms with Gasteiger partial charge in [0.1, 0.15) is 11.6 Å². The van der Waals surface area contributed by atoms with E-state index in [1.807, 2.05) is 22.9 Å². The molecule has 1 aromatic carbocycles. The normalized spacial score (nSPS) is 12.8. The fourth-order valence-electron chi connectivity index (χ4n) is 2.04. The number of imidazole rings is 1. The molecule has 0 aliphatic carbocycles. The highest BCUT2D eigenvalue weighted by Gasteiger charge is 2.17. The van der Waals surface area contributed by atoms with E-state index in [1.165, 1.54) is 23.5 Å². The SMILES string of the molecule is CC(N)Cc1c(Oc2ccc(Cl)c(F)c2)nc2sccn12. The molecule has 2 heterocycles. The van der Waals surface area contributed by atoms with Crippen LogP contribution in [0.1, 0.15) is 12.6 Å². The number of fused-ring (bicyclic) bond motifs is 1. The minimum atomic E-state index is -0.524. The zero-order chi connectivity index (χ0) is 15.0. The summed E-state index contributed by atoms with van der Waals surface area (Å²) in [6, 6.07) is 4.27. The van der Waals surface area contributed by atoms with Gasteiger partial charge in [-0.1, -0.05) is 11.6 Å². The van der Waals surface area contributed by atoms with Crippen molar-refractivity contribution in [3.8, 4) is 11.6 Å². The topological polar surface area (TPSA) is 52.5 Å². The number of hydrogen-bond donors (Lipinski definition) is 1. The van der Waals surface area contributed by atoms with E-state index in [0.29, 0.717) is 18.1 Å². The molecule has 0 bridgehead atoms.